The largest absolute Gasteiger partial charge is 0.467 e. The predicted octanol–water partition coefficient (Wildman–Crippen LogP) is 0.965. The highest BCUT2D eigenvalue weighted by Crippen LogP contribution is 2.19. The Balaban J connectivity index is 2.53. The molecule has 5 nitrogen and oxygen atoms in total. The van der Waals surface area contributed by atoms with Gasteiger partial charge in [-0.15, -0.1) is 0 Å². The van der Waals surface area contributed by atoms with Gasteiger partial charge < -0.3 is 14.4 Å². The van der Waals surface area contributed by atoms with Crippen LogP contribution in [0.3, 0.4) is 0 Å². The minimum Gasteiger partial charge on any atom is -0.467 e. The number of nitrogens with zero attached hydrogens (tertiary/aromatic N) is 1. The van der Waals surface area contributed by atoms with Crippen LogP contribution in [0.1, 0.15) is 33.6 Å². The highest BCUT2D eigenvalue weighted by Gasteiger charge is 2.35. The summed E-state index contributed by atoms with van der Waals surface area (Å²) in [7, 11) is 1.34. The first-order chi connectivity index (χ1) is 7.85. The van der Waals surface area contributed by atoms with Crippen LogP contribution in [0.15, 0.2) is 0 Å². The van der Waals surface area contributed by atoms with Gasteiger partial charge in [0, 0.05) is 6.54 Å². The van der Waals surface area contributed by atoms with Gasteiger partial charge >= 0.3 is 5.97 Å². The molecule has 0 aliphatic carbocycles. The van der Waals surface area contributed by atoms with Gasteiger partial charge in [-0.3, -0.25) is 4.79 Å². The fourth-order valence-corrected chi connectivity index (χ4v) is 1.81. The standard InChI is InChI=1S/C12H21NO4/c1-12(2,3)17-8-10(14)13-7-5-6-9(13)11(15)16-4/h9H,5-8H2,1-4H3. The van der Waals surface area contributed by atoms with E-state index in [0.717, 1.165) is 6.42 Å². The average Bonchev–Trinajstić information content (AvgIpc) is 2.72. The summed E-state index contributed by atoms with van der Waals surface area (Å²) in [5.74, 6) is -0.487. The second kappa shape index (κ2) is 5.49. The van der Waals surface area contributed by atoms with Crippen LogP contribution < -0.4 is 0 Å². The third-order valence-corrected chi connectivity index (χ3v) is 2.68. The molecule has 1 heterocycles. The minimum absolute atomic E-state index is 0.0109. The molecule has 98 valence electrons. The number of methoxy groups -OCH3 is 1. The van der Waals surface area contributed by atoms with Gasteiger partial charge in [0.2, 0.25) is 5.91 Å². The van der Waals surface area contributed by atoms with Crippen molar-refractivity contribution in [3.63, 3.8) is 0 Å². The fourth-order valence-electron chi connectivity index (χ4n) is 1.81. The summed E-state index contributed by atoms with van der Waals surface area (Å²) in [5.41, 5.74) is -0.351. The number of hydrogen-bond acceptors (Lipinski definition) is 4. The molecule has 1 rings (SSSR count). The van der Waals surface area contributed by atoms with Crippen molar-refractivity contribution in [3.05, 3.63) is 0 Å². The molecule has 1 aliphatic heterocycles. The first kappa shape index (κ1) is 14.0. The van der Waals surface area contributed by atoms with E-state index in [4.69, 9.17) is 4.74 Å². The van der Waals surface area contributed by atoms with Gasteiger partial charge in [0.05, 0.1) is 12.7 Å². The second-order valence-electron chi connectivity index (χ2n) is 5.17. The van der Waals surface area contributed by atoms with Crippen LogP contribution in [-0.4, -0.2) is 48.7 Å². The second-order valence-corrected chi connectivity index (χ2v) is 5.17. The van der Waals surface area contributed by atoms with E-state index in [9.17, 15) is 9.59 Å². The SMILES string of the molecule is COC(=O)C1CCCN1C(=O)COC(C)(C)C. The van der Waals surface area contributed by atoms with Crippen molar-refractivity contribution in [1.82, 2.24) is 4.90 Å². The van der Waals surface area contributed by atoms with Crippen molar-refractivity contribution in [2.24, 2.45) is 0 Å². The molecule has 0 N–H and O–H groups in total. The van der Waals surface area contributed by atoms with Gasteiger partial charge in [-0.05, 0) is 33.6 Å². The quantitative estimate of drug-likeness (QED) is 0.693. The zero-order chi connectivity index (χ0) is 13.1. The van der Waals surface area contributed by atoms with E-state index in [1.165, 1.54) is 7.11 Å². The van der Waals surface area contributed by atoms with Crippen LogP contribution in [0.5, 0.6) is 0 Å². The Bertz CT molecular complexity index is 295. The van der Waals surface area contributed by atoms with Crippen LogP contribution >= 0.6 is 0 Å². The lowest BCUT2D eigenvalue weighted by Crippen LogP contribution is -2.43. The summed E-state index contributed by atoms with van der Waals surface area (Å²) in [6, 6.07) is -0.434. The molecule has 0 aromatic rings. The van der Waals surface area contributed by atoms with Crippen molar-refractivity contribution in [2.45, 2.75) is 45.3 Å². The average molecular weight is 243 g/mol. The number of amides is 1. The van der Waals surface area contributed by atoms with E-state index >= 15 is 0 Å². The van der Waals surface area contributed by atoms with Gasteiger partial charge in [-0.2, -0.15) is 0 Å². The molecule has 5 heteroatoms. The Morgan fingerprint density at radius 1 is 1.35 bits per heavy atom. The Hall–Kier alpha value is -1.10. The summed E-state index contributed by atoms with van der Waals surface area (Å²) >= 11 is 0. The molecule has 0 aromatic carbocycles. The van der Waals surface area contributed by atoms with Crippen molar-refractivity contribution in [2.75, 3.05) is 20.3 Å². The van der Waals surface area contributed by atoms with Crippen molar-refractivity contribution < 1.29 is 19.1 Å². The Morgan fingerprint density at radius 3 is 2.53 bits per heavy atom. The number of esters is 1. The van der Waals surface area contributed by atoms with Gasteiger partial charge in [0.25, 0.3) is 0 Å². The third-order valence-electron chi connectivity index (χ3n) is 2.68. The molecule has 0 bridgehead atoms. The number of hydrogen-bond donors (Lipinski definition) is 0. The maximum absolute atomic E-state index is 11.9. The van der Waals surface area contributed by atoms with Crippen LogP contribution in [0.25, 0.3) is 0 Å². The zero-order valence-electron chi connectivity index (χ0n) is 11.0. The first-order valence-electron chi connectivity index (χ1n) is 5.86. The molecular weight excluding hydrogens is 222 g/mol. The molecule has 0 saturated carbocycles. The molecule has 1 fully saturated rings. The first-order valence-corrected chi connectivity index (χ1v) is 5.86. The molecule has 1 aliphatic rings. The monoisotopic (exact) mass is 243 g/mol. The molecule has 1 unspecified atom stereocenters. The van der Waals surface area contributed by atoms with Gasteiger partial charge in [-0.25, -0.2) is 4.79 Å². The third kappa shape index (κ3) is 4.00. The Morgan fingerprint density at radius 2 is 2.00 bits per heavy atom. The number of ether oxygens (including phenoxy) is 2. The van der Waals surface area contributed by atoms with Crippen LogP contribution in [-0.2, 0) is 19.1 Å². The van der Waals surface area contributed by atoms with Crippen molar-refractivity contribution >= 4 is 11.9 Å². The minimum atomic E-state index is -0.434. The van der Waals surface area contributed by atoms with Gasteiger partial charge in [0.1, 0.15) is 12.6 Å². The van der Waals surface area contributed by atoms with E-state index in [1.54, 1.807) is 4.90 Å². The number of rotatable bonds is 3. The molecule has 1 saturated heterocycles. The molecule has 0 radical (unpaired) electrons. The highest BCUT2D eigenvalue weighted by atomic mass is 16.5. The predicted molar refractivity (Wildman–Crippen MR) is 62.5 cm³/mol. The lowest BCUT2D eigenvalue weighted by atomic mass is 10.2. The number of carbonyl (C=O) groups excluding carboxylic acids is 2. The summed E-state index contributed by atoms with van der Waals surface area (Å²) in [6.45, 7) is 6.29. The molecule has 17 heavy (non-hydrogen) atoms. The molecular formula is C12H21NO4. The normalized spacial score (nSPS) is 20.5. The smallest absolute Gasteiger partial charge is 0.328 e. The van der Waals surface area contributed by atoms with Crippen LogP contribution in [0, 0.1) is 0 Å². The van der Waals surface area contributed by atoms with E-state index in [-0.39, 0.29) is 24.1 Å². The maximum Gasteiger partial charge on any atom is 0.328 e. The topological polar surface area (TPSA) is 55.8 Å². The van der Waals surface area contributed by atoms with E-state index in [1.807, 2.05) is 20.8 Å². The van der Waals surface area contributed by atoms with E-state index in [0.29, 0.717) is 13.0 Å². The summed E-state index contributed by atoms with van der Waals surface area (Å²) in [5, 5.41) is 0. The molecule has 1 atom stereocenters. The van der Waals surface area contributed by atoms with E-state index in [2.05, 4.69) is 4.74 Å². The lowest BCUT2D eigenvalue weighted by Gasteiger charge is -2.25. The summed E-state index contributed by atoms with van der Waals surface area (Å²) < 4.78 is 10.1. The molecule has 1 amide bonds. The molecule has 0 aromatic heterocycles. The van der Waals surface area contributed by atoms with Gasteiger partial charge in [0.15, 0.2) is 0 Å². The summed E-state index contributed by atoms with van der Waals surface area (Å²) in [4.78, 5) is 24.9. The Kier molecular flexibility index (Phi) is 4.51. The van der Waals surface area contributed by atoms with Gasteiger partial charge in [-0.1, -0.05) is 0 Å². The Labute approximate surface area is 102 Å². The lowest BCUT2D eigenvalue weighted by molar-refractivity contribution is -0.154. The highest BCUT2D eigenvalue weighted by molar-refractivity contribution is 5.85. The van der Waals surface area contributed by atoms with Crippen molar-refractivity contribution in [3.8, 4) is 0 Å². The van der Waals surface area contributed by atoms with Crippen LogP contribution in [0.2, 0.25) is 0 Å². The van der Waals surface area contributed by atoms with Crippen LogP contribution in [0.4, 0.5) is 0 Å². The van der Waals surface area contributed by atoms with E-state index < -0.39 is 6.04 Å². The van der Waals surface area contributed by atoms with Crippen molar-refractivity contribution in [1.29, 1.82) is 0 Å². The zero-order valence-corrected chi connectivity index (χ0v) is 11.0. The molecule has 0 spiro atoms. The number of carbonyl (C=O) groups is 2. The summed E-state index contributed by atoms with van der Waals surface area (Å²) in [6.07, 6.45) is 1.51. The fraction of sp³-hybridized carbons (Fsp3) is 0.833. The maximum atomic E-state index is 11.9. The number of likely N-dealkylation sites (tertiary alicyclic amines) is 1.